The molecule has 7 nitrogen and oxygen atoms in total. The summed E-state index contributed by atoms with van der Waals surface area (Å²) in [6.07, 6.45) is 2.54. The number of aromatic nitrogens is 1. The molecule has 1 aliphatic rings. The van der Waals surface area contributed by atoms with Crippen LogP contribution in [0.5, 0.6) is 0 Å². The van der Waals surface area contributed by atoms with Crippen LogP contribution in [0.4, 0.5) is 11.4 Å². The van der Waals surface area contributed by atoms with Crippen LogP contribution in [0.2, 0.25) is 0 Å². The SMILES string of the molecule is CC(=O)c1c(C)[nH]c(C(=O)NC(C)CC(=O)Nc2cccc(N3CCCC3)c2)c1C. The van der Waals surface area contributed by atoms with Crippen molar-refractivity contribution in [2.24, 2.45) is 0 Å². The molecule has 1 aliphatic heterocycles. The van der Waals surface area contributed by atoms with Crippen molar-refractivity contribution in [2.75, 3.05) is 23.3 Å². The van der Waals surface area contributed by atoms with Gasteiger partial charge in [-0.25, -0.2) is 0 Å². The van der Waals surface area contributed by atoms with E-state index in [0.717, 1.165) is 24.5 Å². The van der Waals surface area contributed by atoms with Crippen LogP contribution >= 0.6 is 0 Å². The van der Waals surface area contributed by atoms with Crippen molar-refractivity contribution in [1.82, 2.24) is 10.3 Å². The number of H-pyrrole nitrogens is 1. The number of aryl methyl sites for hydroxylation is 1. The van der Waals surface area contributed by atoms with Gasteiger partial charge in [-0.2, -0.15) is 0 Å². The van der Waals surface area contributed by atoms with Crippen molar-refractivity contribution in [3.05, 3.63) is 46.8 Å². The minimum atomic E-state index is -0.358. The fourth-order valence-corrected chi connectivity index (χ4v) is 4.10. The maximum atomic E-state index is 12.6. The zero-order valence-electron chi connectivity index (χ0n) is 18.1. The molecule has 160 valence electrons. The molecule has 7 heteroatoms. The minimum Gasteiger partial charge on any atom is -0.371 e. The molecular weight excluding hydrogens is 380 g/mol. The fourth-order valence-electron chi connectivity index (χ4n) is 4.10. The van der Waals surface area contributed by atoms with Gasteiger partial charge in [-0.3, -0.25) is 14.4 Å². The largest absolute Gasteiger partial charge is 0.371 e. The van der Waals surface area contributed by atoms with E-state index < -0.39 is 0 Å². The maximum absolute atomic E-state index is 12.6. The normalized spacial score (nSPS) is 14.5. The van der Waals surface area contributed by atoms with Gasteiger partial charge in [-0.15, -0.1) is 0 Å². The highest BCUT2D eigenvalue weighted by atomic mass is 16.2. The van der Waals surface area contributed by atoms with Crippen LogP contribution in [0, 0.1) is 13.8 Å². The molecule has 1 fully saturated rings. The van der Waals surface area contributed by atoms with Gasteiger partial charge in [-0.05, 0) is 64.3 Å². The van der Waals surface area contributed by atoms with Crippen LogP contribution in [0.1, 0.15) is 65.2 Å². The Labute approximate surface area is 177 Å². The second kappa shape index (κ2) is 9.15. The molecule has 3 N–H and O–H groups in total. The van der Waals surface area contributed by atoms with Gasteiger partial charge in [-0.1, -0.05) is 6.07 Å². The van der Waals surface area contributed by atoms with Gasteiger partial charge in [0.05, 0.1) is 0 Å². The lowest BCUT2D eigenvalue weighted by Crippen LogP contribution is -2.36. The highest BCUT2D eigenvalue weighted by Gasteiger charge is 2.21. The molecule has 0 bridgehead atoms. The first kappa shape index (κ1) is 21.6. The van der Waals surface area contributed by atoms with Crippen molar-refractivity contribution >= 4 is 29.0 Å². The van der Waals surface area contributed by atoms with Crippen LogP contribution in [0.25, 0.3) is 0 Å². The van der Waals surface area contributed by atoms with E-state index in [-0.39, 0.29) is 30.1 Å². The highest BCUT2D eigenvalue weighted by molar-refractivity contribution is 6.02. The summed E-state index contributed by atoms with van der Waals surface area (Å²) in [5.41, 5.74) is 4.09. The maximum Gasteiger partial charge on any atom is 0.268 e. The summed E-state index contributed by atoms with van der Waals surface area (Å²) in [4.78, 5) is 42.1. The lowest BCUT2D eigenvalue weighted by atomic mass is 10.1. The molecule has 0 aliphatic carbocycles. The van der Waals surface area contributed by atoms with Crippen molar-refractivity contribution < 1.29 is 14.4 Å². The van der Waals surface area contributed by atoms with Crippen LogP contribution in [-0.4, -0.2) is 41.7 Å². The van der Waals surface area contributed by atoms with Gasteiger partial charge in [0.25, 0.3) is 5.91 Å². The van der Waals surface area contributed by atoms with Gasteiger partial charge < -0.3 is 20.5 Å². The van der Waals surface area contributed by atoms with E-state index in [1.807, 2.05) is 18.2 Å². The minimum absolute atomic E-state index is 0.0797. The van der Waals surface area contributed by atoms with Crippen LogP contribution in [0.3, 0.4) is 0 Å². The Bertz CT molecular complexity index is 957. The average molecular weight is 411 g/mol. The van der Waals surface area contributed by atoms with E-state index in [0.29, 0.717) is 22.5 Å². The molecule has 2 aromatic rings. The number of anilines is 2. The topological polar surface area (TPSA) is 94.3 Å². The third-order valence-electron chi connectivity index (χ3n) is 5.49. The number of nitrogens with zero attached hydrogens (tertiary/aromatic N) is 1. The summed E-state index contributed by atoms with van der Waals surface area (Å²) < 4.78 is 0. The summed E-state index contributed by atoms with van der Waals surface area (Å²) in [5.74, 6) is -0.562. The zero-order chi connectivity index (χ0) is 21.8. The number of aromatic amines is 1. The number of carbonyl (C=O) groups is 3. The molecule has 1 aromatic heterocycles. The number of hydrogen-bond donors (Lipinski definition) is 3. The monoisotopic (exact) mass is 410 g/mol. The van der Waals surface area contributed by atoms with Crippen LogP contribution in [0.15, 0.2) is 24.3 Å². The summed E-state index contributed by atoms with van der Waals surface area (Å²) in [6, 6.07) is 7.50. The first-order valence-electron chi connectivity index (χ1n) is 10.4. The van der Waals surface area contributed by atoms with Crippen molar-refractivity contribution in [2.45, 2.75) is 53.0 Å². The lowest BCUT2D eigenvalue weighted by Gasteiger charge is -2.19. The molecule has 1 unspecified atom stereocenters. The number of hydrogen-bond acceptors (Lipinski definition) is 4. The van der Waals surface area contributed by atoms with Gasteiger partial charge in [0.15, 0.2) is 5.78 Å². The quantitative estimate of drug-likeness (QED) is 0.608. The Kier molecular flexibility index (Phi) is 6.59. The zero-order valence-corrected chi connectivity index (χ0v) is 18.1. The molecule has 0 radical (unpaired) electrons. The number of Topliss-reactive ketones (excluding diaryl/α,β-unsaturated/α-hetero) is 1. The third kappa shape index (κ3) is 4.90. The Morgan fingerprint density at radius 3 is 2.50 bits per heavy atom. The molecular formula is C23H30N4O3. The standard InChI is InChI=1S/C23H30N4O3/c1-14(24-23(30)22-15(2)21(17(4)28)16(3)25-22)12-20(29)26-18-8-7-9-19(13-18)27-10-5-6-11-27/h7-9,13-14,25H,5-6,10-12H2,1-4H3,(H,24,30)(H,26,29). The molecule has 1 saturated heterocycles. The van der Waals surface area contributed by atoms with Crippen molar-refractivity contribution in [3.8, 4) is 0 Å². The summed E-state index contributed by atoms with van der Waals surface area (Å²) in [5, 5.41) is 5.76. The van der Waals surface area contributed by atoms with Gasteiger partial charge in [0, 0.05) is 48.2 Å². The predicted octanol–water partition coefficient (Wildman–Crippen LogP) is 3.58. The van der Waals surface area contributed by atoms with Crippen LogP contribution < -0.4 is 15.5 Å². The van der Waals surface area contributed by atoms with E-state index in [9.17, 15) is 14.4 Å². The number of carbonyl (C=O) groups excluding carboxylic acids is 3. The molecule has 0 spiro atoms. The summed E-state index contributed by atoms with van der Waals surface area (Å²) >= 11 is 0. The molecule has 1 atom stereocenters. The molecule has 0 saturated carbocycles. The van der Waals surface area contributed by atoms with E-state index in [1.54, 1.807) is 20.8 Å². The lowest BCUT2D eigenvalue weighted by molar-refractivity contribution is -0.116. The molecule has 3 rings (SSSR count). The Morgan fingerprint density at radius 1 is 1.17 bits per heavy atom. The summed E-state index contributed by atoms with van der Waals surface area (Å²) in [7, 11) is 0. The van der Waals surface area contributed by atoms with Gasteiger partial charge >= 0.3 is 0 Å². The van der Waals surface area contributed by atoms with E-state index >= 15 is 0 Å². The van der Waals surface area contributed by atoms with Crippen LogP contribution in [-0.2, 0) is 4.79 Å². The number of nitrogens with one attached hydrogen (secondary N) is 3. The van der Waals surface area contributed by atoms with Crippen molar-refractivity contribution in [1.29, 1.82) is 0 Å². The first-order valence-corrected chi connectivity index (χ1v) is 10.4. The fraction of sp³-hybridized carbons (Fsp3) is 0.435. The Hall–Kier alpha value is -3.09. The molecule has 30 heavy (non-hydrogen) atoms. The smallest absolute Gasteiger partial charge is 0.268 e. The molecule has 2 heterocycles. The number of amides is 2. The average Bonchev–Trinajstić information content (AvgIpc) is 3.29. The van der Waals surface area contributed by atoms with Crippen molar-refractivity contribution in [3.63, 3.8) is 0 Å². The van der Waals surface area contributed by atoms with E-state index in [2.05, 4.69) is 26.6 Å². The summed E-state index contributed by atoms with van der Waals surface area (Å²) in [6.45, 7) is 8.88. The van der Waals surface area contributed by atoms with Gasteiger partial charge in [0.1, 0.15) is 5.69 Å². The molecule has 2 amide bonds. The van der Waals surface area contributed by atoms with E-state index in [4.69, 9.17) is 0 Å². The predicted molar refractivity (Wildman–Crippen MR) is 118 cm³/mol. The molecule has 1 aromatic carbocycles. The second-order valence-electron chi connectivity index (χ2n) is 8.05. The number of ketones is 1. The van der Waals surface area contributed by atoms with Gasteiger partial charge in [0.2, 0.25) is 5.91 Å². The number of rotatable bonds is 7. The number of benzene rings is 1. The highest BCUT2D eigenvalue weighted by Crippen LogP contribution is 2.23. The van der Waals surface area contributed by atoms with E-state index in [1.165, 1.54) is 19.8 Å². The Balaban J connectivity index is 1.57. The second-order valence-corrected chi connectivity index (χ2v) is 8.05. The third-order valence-corrected chi connectivity index (χ3v) is 5.49. The Morgan fingerprint density at radius 2 is 1.87 bits per heavy atom. The first-order chi connectivity index (χ1) is 14.3.